The lowest BCUT2D eigenvalue weighted by atomic mass is 9.96. The fourth-order valence-electron chi connectivity index (χ4n) is 3.56. The van der Waals surface area contributed by atoms with Gasteiger partial charge in [0, 0.05) is 16.7 Å². The highest BCUT2D eigenvalue weighted by Crippen LogP contribution is 2.47. The molecule has 2 aromatic carbocycles. The highest BCUT2D eigenvalue weighted by atomic mass is 16.5. The number of ketones is 1. The second kappa shape index (κ2) is 8.34. The number of Topliss-reactive ketones (excluding diaryl/α,β-unsaturated/α-hetero) is 1. The first-order valence-corrected chi connectivity index (χ1v) is 8.91. The van der Waals surface area contributed by atoms with E-state index < -0.39 is 0 Å². The smallest absolute Gasteiger partial charge is 0.203 e. The van der Waals surface area contributed by atoms with Crippen LogP contribution in [0.15, 0.2) is 24.3 Å². The molecule has 0 spiro atoms. The number of rotatable bonds is 8. The summed E-state index contributed by atoms with van der Waals surface area (Å²) in [5, 5.41) is 0. The van der Waals surface area contributed by atoms with Gasteiger partial charge in [0.1, 0.15) is 0 Å². The zero-order chi connectivity index (χ0) is 21.1. The third kappa shape index (κ3) is 3.33. The molecular formula is C22H24O7. The van der Waals surface area contributed by atoms with E-state index in [4.69, 9.17) is 28.4 Å². The molecule has 0 radical (unpaired) electrons. The van der Waals surface area contributed by atoms with Gasteiger partial charge in [0.25, 0.3) is 0 Å². The molecule has 0 unspecified atom stereocenters. The Balaban J connectivity index is 2.11. The Bertz CT molecular complexity index is 951. The molecule has 29 heavy (non-hydrogen) atoms. The molecule has 1 aliphatic carbocycles. The summed E-state index contributed by atoms with van der Waals surface area (Å²) in [6.07, 6.45) is 2.42. The van der Waals surface area contributed by atoms with E-state index in [-0.39, 0.29) is 5.78 Å². The Morgan fingerprint density at radius 2 is 1.21 bits per heavy atom. The number of ether oxygens (including phenoxy) is 6. The van der Waals surface area contributed by atoms with Crippen LogP contribution < -0.4 is 28.4 Å². The predicted molar refractivity (Wildman–Crippen MR) is 108 cm³/mol. The van der Waals surface area contributed by atoms with Crippen molar-refractivity contribution in [2.45, 2.75) is 6.42 Å². The molecule has 154 valence electrons. The summed E-state index contributed by atoms with van der Waals surface area (Å²) in [5.74, 6) is 2.65. The van der Waals surface area contributed by atoms with Crippen molar-refractivity contribution < 1.29 is 33.2 Å². The van der Waals surface area contributed by atoms with Crippen LogP contribution in [0.2, 0.25) is 0 Å². The van der Waals surface area contributed by atoms with E-state index in [9.17, 15) is 4.79 Å². The van der Waals surface area contributed by atoms with Crippen LogP contribution in [-0.4, -0.2) is 48.4 Å². The third-order valence-electron chi connectivity index (χ3n) is 4.90. The highest BCUT2D eigenvalue weighted by Gasteiger charge is 2.29. The summed E-state index contributed by atoms with van der Waals surface area (Å²) in [6, 6.07) is 5.08. The Labute approximate surface area is 169 Å². The van der Waals surface area contributed by atoms with E-state index in [1.165, 1.54) is 21.3 Å². The standard InChI is InChI=1S/C22H24O7/c1-24-16-9-12(10-17(25-2)21(16)28-5)19(23)13-7-8-14-15(13)11-18(26-3)22(29-6)20(14)27-4/h7,9-11H,8H2,1-6H3. The number of allylic oxidation sites excluding steroid dienone is 2. The maximum Gasteiger partial charge on any atom is 0.203 e. The summed E-state index contributed by atoms with van der Waals surface area (Å²) in [6.45, 7) is 0. The molecule has 0 amide bonds. The first-order valence-electron chi connectivity index (χ1n) is 8.91. The molecule has 0 atom stereocenters. The van der Waals surface area contributed by atoms with Crippen LogP contribution in [0.1, 0.15) is 21.5 Å². The van der Waals surface area contributed by atoms with Crippen LogP contribution in [0, 0.1) is 0 Å². The minimum absolute atomic E-state index is 0.169. The van der Waals surface area contributed by atoms with Crippen LogP contribution in [-0.2, 0) is 6.42 Å². The summed E-state index contributed by atoms with van der Waals surface area (Å²) in [5.41, 5.74) is 2.60. The van der Waals surface area contributed by atoms with Crippen molar-refractivity contribution in [3.63, 3.8) is 0 Å². The lowest BCUT2D eigenvalue weighted by Crippen LogP contribution is -2.06. The molecule has 1 aliphatic rings. The predicted octanol–water partition coefficient (Wildman–Crippen LogP) is 3.56. The summed E-state index contributed by atoms with van der Waals surface area (Å²) < 4.78 is 32.5. The number of carbonyl (C=O) groups excluding carboxylic acids is 1. The topological polar surface area (TPSA) is 72.5 Å². The van der Waals surface area contributed by atoms with E-state index in [0.717, 1.165) is 11.1 Å². The van der Waals surface area contributed by atoms with Crippen molar-refractivity contribution >= 4 is 11.4 Å². The largest absolute Gasteiger partial charge is 0.493 e. The Hall–Kier alpha value is -3.35. The number of hydrogen-bond acceptors (Lipinski definition) is 7. The van der Waals surface area contributed by atoms with E-state index in [1.54, 1.807) is 39.5 Å². The summed E-state index contributed by atoms with van der Waals surface area (Å²) in [4.78, 5) is 13.4. The SMILES string of the molecule is COc1cc(C(=O)C2=CCc3c2cc(OC)c(OC)c3OC)cc(OC)c1OC. The van der Waals surface area contributed by atoms with Crippen LogP contribution in [0.4, 0.5) is 0 Å². The van der Waals surface area contributed by atoms with Gasteiger partial charge in [0.15, 0.2) is 28.8 Å². The molecule has 0 aromatic heterocycles. The summed E-state index contributed by atoms with van der Waals surface area (Å²) >= 11 is 0. The van der Waals surface area contributed by atoms with Crippen molar-refractivity contribution in [2.24, 2.45) is 0 Å². The van der Waals surface area contributed by atoms with Crippen LogP contribution >= 0.6 is 0 Å². The van der Waals surface area contributed by atoms with E-state index in [1.807, 2.05) is 6.08 Å². The zero-order valence-electron chi connectivity index (χ0n) is 17.4. The average molecular weight is 400 g/mol. The second-order valence-corrected chi connectivity index (χ2v) is 6.24. The Morgan fingerprint density at radius 1 is 0.690 bits per heavy atom. The van der Waals surface area contributed by atoms with Gasteiger partial charge in [-0.15, -0.1) is 0 Å². The van der Waals surface area contributed by atoms with Crippen molar-refractivity contribution in [3.8, 4) is 34.5 Å². The highest BCUT2D eigenvalue weighted by molar-refractivity contribution is 6.30. The molecule has 7 heteroatoms. The first kappa shape index (κ1) is 20.4. The van der Waals surface area contributed by atoms with E-state index >= 15 is 0 Å². The van der Waals surface area contributed by atoms with Crippen molar-refractivity contribution in [3.05, 3.63) is 41.0 Å². The van der Waals surface area contributed by atoms with Crippen molar-refractivity contribution in [2.75, 3.05) is 42.7 Å². The molecule has 0 fully saturated rings. The van der Waals surface area contributed by atoms with Gasteiger partial charge in [-0.3, -0.25) is 4.79 Å². The van der Waals surface area contributed by atoms with Gasteiger partial charge >= 0.3 is 0 Å². The number of methoxy groups -OCH3 is 6. The number of benzene rings is 2. The molecule has 0 saturated carbocycles. The maximum atomic E-state index is 13.4. The minimum atomic E-state index is -0.169. The summed E-state index contributed by atoms with van der Waals surface area (Å²) in [7, 11) is 9.20. The number of fused-ring (bicyclic) bond motifs is 1. The van der Waals surface area contributed by atoms with Crippen molar-refractivity contribution in [1.82, 2.24) is 0 Å². The maximum absolute atomic E-state index is 13.4. The van der Waals surface area contributed by atoms with Gasteiger partial charge in [0.05, 0.1) is 42.7 Å². The number of hydrogen-bond donors (Lipinski definition) is 0. The second-order valence-electron chi connectivity index (χ2n) is 6.24. The van der Waals surface area contributed by atoms with E-state index in [2.05, 4.69) is 0 Å². The molecule has 3 rings (SSSR count). The molecule has 0 bridgehead atoms. The van der Waals surface area contributed by atoms with Gasteiger partial charge in [-0.1, -0.05) is 6.08 Å². The molecule has 0 heterocycles. The van der Waals surface area contributed by atoms with Gasteiger partial charge in [-0.05, 0) is 30.2 Å². The van der Waals surface area contributed by atoms with Gasteiger partial charge in [-0.2, -0.15) is 0 Å². The quantitative estimate of drug-likeness (QED) is 0.628. The molecule has 2 aromatic rings. The Morgan fingerprint density at radius 3 is 1.69 bits per heavy atom. The number of carbonyl (C=O) groups is 1. The lowest BCUT2D eigenvalue weighted by Gasteiger charge is -2.17. The molecular weight excluding hydrogens is 376 g/mol. The fourth-order valence-corrected chi connectivity index (χ4v) is 3.56. The third-order valence-corrected chi connectivity index (χ3v) is 4.90. The minimum Gasteiger partial charge on any atom is -0.493 e. The van der Waals surface area contributed by atoms with Gasteiger partial charge in [-0.25, -0.2) is 0 Å². The molecule has 7 nitrogen and oxygen atoms in total. The van der Waals surface area contributed by atoms with Gasteiger partial charge < -0.3 is 28.4 Å². The Kier molecular flexibility index (Phi) is 5.87. The van der Waals surface area contributed by atoms with E-state index in [0.29, 0.717) is 52.1 Å². The normalized spacial score (nSPS) is 12.0. The first-order chi connectivity index (χ1) is 14.0. The zero-order valence-corrected chi connectivity index (χ0v) is 17.4. The molecule has 0 aliphatic heterocycles. The fraction of sp³-hybridized carbons (Fsp3) is 0.318. The monoisotopic (exact) mass is 400 g/mol. The van der Waals surface area contributed by atoms with Crippen LogP contribution in [0.5, 0.6) is 34.5 Å². The van der Waals surface area contributed by atoms with Crippen LogP contribution in [0.25, 0.3) is 5.57 Å². The average Bonchev–Trinajstić information content (AvgIpc) is 3.19. The van der Waals surface area contributed by atoms with Crippen LogP contribution in [0.3, 0.4) is 0 Å². The van der Waals surface area contributed by atoms with Gasteiger partial charge in [0.2, 0.25) is 11.5 Å². The molecule has 0 saturated heterocycles. The molecule has 0 N–H and O–H groups in total. The van der Waals surface area contributed by atoms with Crippen molar-refractivity contribution in [1.29, 1.82) is 0 Å². The lowest BCUT2D eigenvalue weighted by molar-refractivity contribution is 0.105.